The minimum atomic E-state index is -0.316. The molecule has 2 heterocycles. The monoisotopic (exact) mass is 430 g/mol. The molecule has 0 bridgehead atoms. The van der Waals surface area contributed by atoms with Crippen molar-refractivity contribution in [2.45, 2.75) is 0 Å². The molecular formula is C13H15IN6OS. The maximum absolute atomic E-state index is 12.4. The number of nitrogens with one attached hydrogen (secondary N) is 4. The van der Waals surface area contributed by atoms with Crippen LogP contribution < -0.4 is 10.6 Å². The van der Waals surface area contributed by atoms with E-state index in [9.17, 15) is 4.79 Å². The second-order valence-corrected chi connectivity index (χ2v) is 7.17. The topological polar surface area (TPSA) is 107 Å². The zero-order valence-electron chi connectivity index (χ0n) is 12.0. The Morgan fingerprint density at radius 2 is 2.27 bits per heavy atom. The van der Waals surface area contributed by atoms with E-state index in [0.717, 1.165) is 7.71 Å². The van der Waals surface area contributed by atoms with Gasteiger partial charge >= 0.3 is 0 Å². The number of halogens is 1. The Kier molecular flexibility index (Phi) is 5.29. The first-order valence-corrected chi connectivity index (χ1v) is 8.23. The molecule has 22 heavy (non-hydrogen) atoms. The zero-order valence-corrected chi connectivity index (χ0v) is 15.0. The van der Waals surface area contributed by atoms with E-state index in [0.29, 0.717) is 16.9 Å². The van der Waals surface area contributed by atoms with Crippen molar-refractivity contribution in [3.05, 3.63) is 26.5 Å². The molecule has 2 aromatic heterocycles. The van der Waals surface area contributed by atoms with Crippen molar-refractivity contribution in [2.75, 3.05) is 13.6 Å². The Morgan fingerprint density at radius 1 is 1.55 bits per heavy atom. The molecule has 0 aliphatic heterocycles. The number of aromatic nitrogens is 2. The number of hydrogen-bond acceptors (Lipinski definition) is 6. The van der Waals surface area contributed by atoms with E-state index in [-0.39, 0.29) is 18.2 Å². The third kappa shape index (κ3) is 3.19. The molecule has 0 saturated heterocycles. The lowest BCUT2D eigenvalue weighted by atomic mass is 10.2. The summed E-state index contributed by atoms with van der Waals surface area (Å²) in [6, 6.07) is 0. The average molecular weight is 430 g/mol. The van der Waals surface area contributed by atoms with Crippen LogP contribution >= 0.6 is 33.9 Å². The van der Waals surface area contributed by atoms with Gasteiger partial charge in [-0.3, -0.25) is 4.79 Å². The van der Waals surface area contributed by atoms with Crippen molar-refractivity contribution >= 4 is 62.1 Å². The van der Waals surface area contributed by atoms with E-state index in [1.807, 2.05) is 0 Å². The number of carbonyl (C=O) groups is 1. The van der Waals surface area contributed by atoms with Crippen LogP contribution in [-0.4, -0.2) is 41.0 Å². The van der Waals surface area contributed by atoms with Crippen molar-refractivity contribution in [3.8, 4) is 0 Å². The highest BCUT2D eigenvalue weighted by molar-refractivity contribution is 14.1. The maximum atomic E-state index is 12.4. The predicted molar refractivity (Wildman–Crippen MR) is 97.5 cm³/mol. The number of aryl methyl sites for hydroxylation is 1. The van der Waals surface area contributed by atoms with Gasteiger partial charge in [0, 0.05) is 25.9 Å². The molecule has 0 aromatic carbocycles. The molecule has 0 radical (unpaired) electrons. The number of amides is 1. The lowest BCUT2D eigenvalue weighted by Crippen LogP contribution is -2.30. The van der Waals surface area contributed by atoms with Gasteiger partial charge in [-0.25, -0.2) is 4.98 Å². The van der Waals surface area contributed by atoms with Gasteiger partial charge in [-0.15, -0.1) is 11.3 Å². The van der Waals surface area contributed by atoms with E-state index in [2.05, 4.69) is 38.2 Å². The molecule has 0 saturated carbocycles. The molecule has 7 nitrogen and oxygen atoms in total. The van der Waals surface area contributed by atoms with Crippen LogP contribution in [-0.2, 0) is 7.05 Å². The summed E-state index contributed by atoms with van der Waals surface area (Å²) < 4.78 is 3.39. The first-order chi connectivity index (χ1) is 10.5. The Balaban J connectivity index is 2.26. The number of fused-ring (bicyclic) bond motifs is 1. The van der Waals surface area contributed by atoms with Crippen molar-refractivity contribution in [3.63, 3.8) is 0 Å². The van der Waals surface area contributed by atoms with Crippen molar-refractivity contribution in [2.24, 2.45) is 7.05 Å². The molecule has 4 N–H and O–H groups in total. The summed E-state index contributed by atoms with van der Waals surface area (Å²) in [6.45, 7) is 0.123. The van der Waals surface area contributed by atoms with Crippen LogP contribution in [0.4, 0.5) is 0 Å². The average Bonchev–Trinajstić information content (AvgIpc) is 2.99. The quantitative estimate of drug-likeness (QED) is 0.414. The Hall–Kier alpha value is -1.75. The number of rotatable bonds is 6. The number of carbonyl (C=O) groups excluding carboxylic acids is 1. The van der Waals surface area contributed by atoms with Gasteiger partial charge in [0.2, 0.25) is 0 Å². The smallest absolute Gasteiger partial charge is 0.269 e. The summed E-state index contributed by atoms with van der Waals surface area (Å²) >= 11 is 3.58. The lowest BCUT2D eigenvalue weighted by Gasteiger charge is -2.07. The fourth-order valence-corrected chi connectivity index (χ4v) is 3.72. The van der Waals surface area contributed by atoms with E-state index in [4.69, 9.17) is 10.8 Å². The van der Waals surface area contributed by atoms with Crippen LogP contribution in [0.15, 0.2) is 12.3 Å². The van der Waals surface area contributed by atoms with Crippen LogP contribution in [0.1, 0.15) is 16.1 Å². The maximum Gasteiger partial charge on any atom is 0.269 e. The van der Waals surface area contributed by atoms with E-state index >= 15 is 0 Å². The molecule has 0 aliphatic carbocycles. The molecule has 116 valence electrons. The Morgan fingerprint density at radius 3 is 2.91 bits per heavy atom. The van der Waals surface area contributed by atoms with Gasteiger partial charge < -0.3 is 26.0 Å². The molecule has 0 unspecified atom stereocenters. The fourth-order valence-electron chi connectivity index (χ4n) is 1.99. The summed E-state index contributed by atoms with van der Waals surface area (Å²) in [5, 5.41) is 20.8. The second-order valence-electron chi connectivity index (χ2n) is 4.42. The van der Waals surface area contributed by atoms with Gasteiger partial charge in [0.1, 0.15) is 5.69 Å². The molecule has 2 rings (SSSR count). The number of hydrogen-bond donors (Lipinski definition) is 4. The van der Waals surface area contributed by atoms with Gasteiger partial charge in [0.25, 0.3) is 5.91 Å². The number of nitrogens with zero attached hydrogens (tertiary/aromatic N) is 2. The highest BCUT2D eigenvalue weighted by Crippen LogP contribution is 2.30. The Bertz CT molecular complexity index is 775. The molecule has 9 heteroatoms. The van der Waals surface area contributed by atoms with Gasteiger partial charge in [0.05, 0.1) is 17.0 Å². The standard InChI is InChI=1S/C13H15IN6OS/c1-17-4-3-7(16)6-18-12(21)9-8(5-15)10-11(20(9)2)19-13(14)22-10/h3-5,15-17H,6H2,1-2H3,(H,18,21)/b4-3-,15-5?,16-7?. The minimum absolute atomic E-state index is 0.123. The van der Waals surface area contributed by atoms with Gasteiger partial charge in [-0.1, -0.05) is 0 Å². The molecule has 0 atom stereocenters. The third-order valence-electron chi connectivity index (χ3n) is 2.99. The first-order valence-electron chi connectivity index (χ1n) is 6.34. The zero-order chi connectivity index (χ0) is 16.3. The van der Waals surface area contributed by atoms with Gasteiger partial charge in [-0.2, -0.15) is 0 Å². The van der Waals surface area contributed by atoms with Crippen molar-refractivity contribution in [1.82, 2.24) is 20.2 Å². The van der Waals surface area contributed by atoms with Gasteiger partial charge in [-0.05, 0) is 34.9 Å². The van der Waals surface area contributed by atoms with Crippen LogP contribution in [0.5, 0.6) is 0 Å². The molecule has 0 fully saturated rings. The number of thiazole rings is 1. The Labute approximate surface area is 145 Å². The summed E-state index contributed by atoms with van der Waals surface area (Å²) in [5.41, 5.74) is 1.93. The highest BCUT2D eigenvalue weighted by atomic mass is 127. The molecule has 2 aromatic rings. The molecular weight excluding hydrogens is 415 g/mol. The summed E-state index contributed by atoms with van der Waals surface area (Å²) in [7, 11) is 3.50. The van der Waals surface area contributed by atoms with Crippen LogP contribution in [0, 0.1) is 13.8 Å². The minimum Gasteiger partial charge on any atom is -0.394 e. The fraction of sp³-hybridized carbons (Fsp3) is 0.231. The summed E-state index contributed by atoms with van der Waals surface area (Å²) in [4.78, 5) is 16.8. The molecule has 0 aliphatic rings. The van der Waals surface area contributed by atoms with Crippen LogP contribution in [0.3, 0.4) is 0 Å². The highest BCUT2D eigenvalue weighted by Gasteiger charge is 2.22. The summed E-state index contributed by atoms with van der Waals surface area (Å²) in [6.07, 6.45) is 4.38. The second kappa shape index (κ2) is 7.01. The first kappa shape index (κ1) is 16.6. The summed E-state index contributed by atoms with van der Waals surface area (Å²) in [5.74, 6) is -0.316. The predicted octanol–water partition coefficient (Wildman–Crippen LogP) is 1.72. The SMILES string of the molecule is CN/C=C\C(=N)CNC(=O)c1c(C=N)c2sc(I)nc2n1C. The van der Waals surface area contributed by atoms with Crippen molar-refractivity contribution < 1.29 is 4.79 Å². The molecule has 1 amide bonds. The van der Waals surface area contributed by atoms with Crippen molar-refractivity contribution in [1.29, 1.82) is 10.8 Å². The van der Waals surface area contributed by atoms with Crippen LogP contribution in [0.2, 0.25) is 0 Å². The molecule has 0 spiro atoms. The third-order valence-corrected chi connectivity index (χ3v) is 4.75. The van der Waals surface area contributed by atoms with Crippen LogP contribution in [0.25, 0.3) is 10.3 Å². The normalized spacial score (nSPS) is 11.0. The van der Waals surface area contributed by atoms with E-state index in [1.54, 1.807) is 30.9 Å². The van der Waals surface area contributed by atoms with E-state index < -0.39 is 0 Å². The van der Waals surface area contributed by atoms with E-state index in [1.165, 1.54) is 17.6 Å². The lowest BCUT2D eigenvalue weighted by molar-refractivity contribution is 0.0951. The van der Waals surface area contributed by atoms with Gasteiger partial charge in [0.15, 0.2) is 8.66 Å². The largest absolute Gasteiger partial charge is 0.394 e.